The average molecular weight is 391 g/mol. The molecule has 0 spiro atoms. The number of carbonyl (C=O) groups is 1. The van der Waals surface area contributed by atoms with Crippen molar-refractivity contribution in [1.29, 1.82) is 5.26 Å². The van der Waals surface area contributed by atoms with Crippen LogP contribution in [0.25, 0.3) is 10.9 Å². The molecule has 1 atom stereocenters. The van der Waals surface area contributed by atoms with Gasteiger partial charge in [-0.25, -0.2) is 0 Å². The molecule has 0 saturated heterocycles. The first kappa shape index (κ1) is 20.0. The van der Waals surface area contributed by atoms with E-state index >= 15 is 0 Å². The van der Waals surface area contributed by atoms with Crippen molar-refractivity contribution in [3.63, 3.8) is 0 Å². The third-order valence-electron chi connectivity index (χ3n) is 4.78. The van der Waals surface area contributed by atoms with Gasteiger partial charge in [-0.1, -0.05) is 24.3 Å². The minimum absolute atomic E-state index is 0.109. The fourth-order valence-electron chi connectivity index (χ4n) is 3.22. The molecule has 3 aromatic rings. The van der Waals surface area contributed by atoms with Gasteiger partial charge in [0.25, 0.3) is 11.5 Å². The van der Waals surface area contributed by atoms with Crippen molar-refractivity contribution in [2.75, 3.05) is 7.11 Å². The molecule has 0 saturated carbocycles. The molecule has 1 amide bonds. The van der Waals surface area contributed by atoms with E-state index in [4.69, 9.17) is 10.00 Å². The van der Waals surface area contributed by atoms with Gasteiger partial charge < -0.3 is 19.7 Å². The Balaban J connectivity index is 2.00. The fraction of sp³-hybridized carbons (Fsp3) is 0.227. The number of fused-ring (bicyclic) bond motifs is 1. The summed E-state index contributed by atoms with van der Waals surface area (Å²) >= 11 is 0. The van der Waals surface area contributed by atoms with Crippen LogP contribution in [0.2, 0.25) is 0 Å². The highest BCUT2D eigenvalue weighted by molar-refractivity contribution is 6.02. The van der Waals surface area contributed by atoms with E-state index in [1.165, 1.54) is 4.57 Å². The van der Waals surface area contributed by atoms with Crippen molar-refractivity contribution in [1.82, 2.24) is 9.88 Å². The minimum Gasteiger partial charge on any atom is -0.506 e. The molecule has 2 N–H and O–H groups in total. The molecule has 1 heterocycles. The summed E-state index contributed by atoms with van der Waals surface area (Å²) in [5.74, 6) is -0.342. The highest BCUT2D eigenvalue weighted by atomic mass is 16.5. The molecule has 0 aliphatic rings. The first-order chi connectivity index (χ1) is 14.0. The molecule has 1 aromatic heterocycles. The molecular formula is C22H21N3O4. The second kappa shape index (κ2) is 8.48. The zero-order chi connectivity index (χ0) is 21.0. The quantitative estimate of drug-likeness (QED) is 0.672. The van der Waals surface area contributed by atoms with E-state index in [1.54, 1.807) is 50.4 Å². The minimum atomic E-state index is -0.674. The number of para-hydroxylation sites is 1. The molecule has 0 bridgehead atoms. The van der Waals surface area contributed by atoms with Gasteiger partial charge in [-0.05, 0) is 36.8 Å². The molecule has 0 aliphatic heterocycles. The fourth-order valence-corrected chi connectivity index (χ4v) is 3.22. The zero-order valence-corrected chi connectivity index (χ0v) is 16.2. The summed E-state index contributed by atoms with van der Waals surface area (Å²) in [5, 5.41) is 22.7. The lowest BCUT2D eigenvalue weighted by molar-refractivity contribution is 0.0935. The van der Waals surface area contributed by atoms with E-state index in [-0.39, 0.29) is 24.3 Å². The van der Waals surface area contributed by atoms with Crippen LogP contribution in [0.15, 0.2) is 53.3 Å². The number of methoxy groups -OCH3 is 1. The van der Waals surface area contributed by atoms with E-state index in [1.807, 2.05) is 18.2 Å². The summed E-state index contributed by atoms with van der Waals surface area (Å²) in [7, 11) is 1.57. The zero-order valence-electron chi connectivity index (χ0n) is 16.2. The number of nitrogens with one attached hydrogen (secondary N) is 1. The highest BCUT2D eigenvalue weighted by Crippen LogP contribution is 2.27. The van der Waals surface area contributed by atoms with Crippen LogP contribution < -0.4 is 15.6 Å². The van der Waals surface area contributed by atoms with Crippen molar-refractivity contribution in [3.8, 4) is 17.6 Å². The summed E-state index contributed by atoms with van der Waals surface area (Å²) in [6.07, 6.45) is 0.109. The molecule has 1 unspecified atom stereocenters. The molecule has 0 radical (unpaired) electrons. The Bertz CT molecular complexity index is 1140. The third kappa shape index (κ3) is 3.92. The largest absolute Gasteiger partial charge is 0.506 e. The van der Waals surface area contributed by atoms with Crippen LogP contribution >= 0.6 is 0 Å². The molecule has 0 fully saturated rings. The Kier molecular flexibility index (Phi) is 5.84. The average Bonchev–Trinajstić information content (AvgIpc) is 2.73. The van der Waals surface area contributed by atoms with Crippen molar-refractivity contribution in [2.45, 2.75) is 25.9 Å². The number of hydrogen-bond acceptors (Lipinski definition) is 5. The van der Waals surface area contributed by atoms with E-state index in [2.05, 4.69) is 5.32 Å². The first-order valence-corrected chi connectivity index (χ1v) is 9.14. The molecule has 148 valence electrons. The van der Waals surface area contributed by atoms with Crippen LogP contribution in [0.1, 0.15) is 35.3 Å². The maximum Gasteiger partial charge on any atom is 0.267 e. The van der Waals surface area contributed by atoms with Crippen molar-refractivity contribution in [2.24, 2.45) is 0 Å². The van der Waals surface area contributed by atoms with Crippen molar-refractivity contribution in [3.05, 3.63) is 70.0 Å². The standard InChI is InChI=1S/C22H21N3O4/c1-14(15-8-10-16(29-2)11-9-15)24-21(27)19-20(26)17-6-3-4-7-18(17)25(22(19)28)13-5-12-23/h3-4,6-11,14,26H,5,13H2,1-2H3,(H,24,27). The van der Waals surface area contributed by atoms with E-state index in [0.717, 1.165) is 5.56 Å². The molecule has 7 nitrogen and oxygen atoms in total. The molecule has 0 aliphatic carbocycles. The Morgan fingerprint density at radius 2 is 1.93 bits per heavy atom. The third-order valence-corrected chi connectivity index (χ3v) is 4.78. The van der Waals surface area contributed by atoms with E-state index < -0.39 is 17.5 Å². The van der Waals surface area contributed by atoms with Gasteiger partial charge in [-0.2, -0.15) is 5.26 Å². The number of ether oxygens (including phenoxy) is 1. The summed E-state index contributed by atoms with van der Waals surface area (Å²) < 4.78 is 6.48. The number of aromatic nitrogens is 1. The van der Waals surface area contributed by atoms with Gasteiger partial charge in [-0.15, -0.1) is 0 Å². The van der Waals surface area contributed by atoms with Crippen molar-refractivity contribution < 1.29 is 14.6 Å². The Morgan fingerprint density at radius 1 is 1.24 bits per heavy atom. The van der Waals surface area contributed by atoms with Gasteiger partial charge >= 0.3 is 0 Å². The molecule has 2 aromatic carbocycles. The predicted octanol–water partition coefficient (Wildman–Crippen LogP) is 3.12. The summed E-state index contributed by atoms with van der Waals surface area (Å²) in [4.78, 5) is 25.9. The molecule has 3 rings (SSSR count). The number of aromatic hydroxyl groups is 1. The second-order valence-corrected chi connectivity index (χ2v) is 6.57. The summed E-state index contributed by atoms with van der Waals surface area (Å²) in [6, 6.07) is 15.5. The lowest BCUT2D eigenvalue weighted by Gasteiger charge is -2.17. The summed E-state index contributed by atoms with van der Waals surface area (Å²) in [6.45, 7) is 1.91. The molecular weight excluding hydrogens is 370 g/mol. The Labute approximate surface area is 167 Å². The number of nitriles is 1. The number of hydrogen-bond donors (Lipinski definition) is 2. The van der Waals surface area contributed by atoms with Gasteiger partial charge in [0, 0.05) is 11.9 Å². The number of benzene rings is 2. The van der Waals surface area contributed by atoms with Gasteiger partial charge in [0.2, 0.25) is 0 Å². The van der Waals surface area contributed by atoms with Gasteiger partial charge in [0.1, 0.15) is 17.1 Å². The van der Waals surface area contributed by atoms with E-state index in [9.17, 15) is 14.7 Å². The SMILES string of the molecule is COc1ccc(C(C)NC(=O)c2c(O)c3ccccc3n(CCC#N)c2=O)cc1. The number of amides is 1. The van der Waals surface area contributed by atoms with Crippen LogP contribution in [-0.4, -0.2) is 22.7 Å². The van der Waals surface area contributed by atoms with Gasteiger partial charge in [0.15, 0.2) is 0 Å². The number of pyridine rings is 1. The maximum absolute atomic E-state index is 13.0. The van der Waals surface area contributed by atoms with Gasteiger partial charge in [-0.3, -0.25) is 9.59 Å². The van der Waals surface area contributed by atoms with Crippen LogP contribution in [0, 0.1) is 11.3 Å². The van der Waals surface area contributed by atoms with Crippen LogP contribution in [0.3, 0.4) is 0 Å². The first-order valence-electron chi connectivity index (χ1n) is 9.14. The van der Waals surface area contributed by atoms with Crippen LogP contribution in [-0.2, 0) is 6.54 Å². The number of aryl methyl sites for hydroxylation is 1. The normalized spacial score (nSPS) is 11.6. The maximum atomic E-state index is 13.0. The Hall–Kier alpha value is -3.79. The Morgan fingerprint density at radius 3 is 2.59 bits per heavy atom. The molecule has 7 heteroatoms. The van der Waals surface area contributed by atoms with Crippen LogP contribution in [0.4, 0.5) is 0 Å². The molecule has 29 heavy (non-hydrogen) atoms. The topological polar surface area (TPSA) is 104 Å². The highest BCUT2D eigenvalue weighted by Gasteiger charge is 2.23. The van der Waals surface area contributed by atoms with E-state index in [0.29, 0.717) is 16.7 Å². The number of carbonyl (C=O) groups excluding carboxylic acids is 1. The van der Waals surface area contributed by atoms with Crippen LogP contribution in [0.5, 0.6) is 11.5 Å². The second-order valence-electron chi connectivity index (χ2n) is 6.57. The lowest BCUT2D eigenvalue weighted by Crippen LogP contribution is -2.34. The van der Waals surface area contributed by atoms with Crippen molar-refractivity contribution >= 4 is 16.8 Å². The number of nitrogens with zero attached hydrogens (tertiary/aromatic N) is 2. The lowest BCUT2D eigenvalue weighted by atomic mass is 10.1. The number of rotatable bonds is 6. The smallest absolute Gasteiger partial charge is 0.267 e. The van der Waals surface area contributed by atoms with Gasteiger partial charge in [0.05, 0.1) is 31.2 Å². The monoisotopic (exact) mass is 391 g/mol. The summed E-state index contributed by atoms with van der Waals surface area (Å²) in [5.41, 5.74) is 0.340. The predicted molar refractivity (Wildman–Crippen MR) is 109 cm³/mol.